The highest BCUT2D eigenvalue weighted by molar-refractivity contribution is 6.33. The van der Waals surface area contributed by atoms with Crippen LogP contribution in [0, 0.1) is 0 Å². The molecular weight excluding hydrogens is 242 g/mol. The van der Waals surface area contributed by atoms with Crippen molar-refractivity contribution in [2.24, 2.45) is 0 Å². The number of carbonyl (C=O) groups is 2. The maximum atomic E-state index is 11.7. The molecule has 0 saturated carbocycles. The average Bonchev–Trinajstić information content (AvgIpc) is 2.32. The van der Waals surface area contributed by atoms with Crippen molar-refractivity contribution >= 4 is 29.6 Å². The van der Waals surface area contributed by atoms with Gasteiger partial charge < -0.3 is 16.4 Å². The third-order valence-corrected chi connectivity index (χ3v) is 2.49. The standard InChI is InChI=1S/C11H14ClN3O2/c12-9-4-1-3-8(10(9)13)11(17)15-6-2-5-14-7-16/h1,3-4,7H,2,5-6,13H2,(H,14,16)(H,15,17). The third-order valence-electron chi connectivity index (χ3n) is 2.16. The molecule has 0 fully saturated rings. The van der Waals surface area contributed by atoms with E-state index in [9.17, 15) is 9.59 Å². The second-order valence-electron chi connectivity index (χ2n) is 3.38. The van der Waals surface area contributed by atoms with Crippen LogP contribution in [0.5, 0.6) is 0 Å². The van der Waals surface area contributed by atoms with E-state index in [1.807, 2.05) is 0 Å². The van der Waals surface area contributed by atoms with Gasteiger partial charge in [-0.25, -0.2) is 0 Å². The van der Waals surface area contributed by atoms with Crippen molar-refractivity contribution in [1.29, 1.82) is 0 Å². The minimum absolute atomic E-state index is 0.267. The quantitative estimate of drug-likeness (QED) is 0.399. The van der Waals surface area contributed by atoms with Crippen LogP contribution in [0.4, 0.5) is 5.69 Å². The van der Waals surface area contributed by atoms with Crippen LogP contribution in [0.3, 0.4) is 0 Å². The van der Waals surface area contributed by atoms with Gasteiger partial charge in [-0.1, -0.05) is 17.7 Å². The summed E-state index contributed by atoms with van der Waals surface area (Å²) in [5.41, 5.74) is 6.32. The summed E-state index contributed by atoms with van der Waals surface area (Å²) in [5.74, 6) is -0.267. The van der Waals surface area contributed by atoms with Crippen molar-refractivity contribution in [3.05, 3.63) is 28.8 Å². The molecule has 0 unspecified atom stereocenters. The molecule has 0 spiro atoms. The number of para-hydroxylation sites is 1. The first-order valence-corrected chi connectivity index (χ1v) is 5.54. The number of hydrogen-bond acceptors (Lipinski definition) is 3. The van der Waals surface area contributed by atoms with E-state index >= 15 is 0 Å². The number of rotatable bonds is 6. The van der Waals surface area contributed by atoms with Crippen molar-refractivity contribution in [2.45, 2.75) is 6.42 Å². The van der Waals surface area contributed by atoms with Crippen molar-refractivity contribution in [2.75, 3.05) is 18.8 Å². The van der Waals surface area contributed by atoms with Crippen molar-refractivity contribution in [3.63, 3.8) is 0 Å². The Bertz CT molecular complexity index is 410. The summed E-state index contributed by atoms with van der Waals surface area (Å²) in [6, 6.07) is 4.91. The summed E-state index contributed by atoms with van der Waals surface area (Å²) in [7, 11) is 0. The Balaban J connectivity index is 2.47. The first-order valence-electron chi connectivity index (χ1n) is 5.16. The van der Waals surface area contributed by atoms with Gasteiger partial charge in [0, 0.05) is 13.1 Å². The zero-order valence-corrected chi connectivity index (χ0v) is 9.96. The van der Waals surface area contributed by atoms with Gasteiger partial charge in [0.15, 0.2) is 0 Å². The topological polar surface area (TPSA) is 84.2 Å². The molecule has 0 radical (unpaired) electrons. The Kier molecular flexibility index (Phi) is 5.29. The zero-order valence-electron chi connectivity index (χ0n) is 9.20. The van der Waals surface area contributed by atoms with Gasteiger partial charge in [0.1, 0.15) is 0 Å². The van der Waals surface area contributed by atoms with Gasteiger partial charge in [0.2, 0.25) is 6.41 Å². The molecule has 0 heterocycles. The van der Waals surface area contributed by atoms with E-state index in [0.717, 1.165) is 0 Å². The molecule has 0 bridgehead atoms. The molecule has 1 aromatic carbocycles. The fraction of sp³-hybridized carbons (Fsp3) is 0.273. The average molecular weight is 256 g/mol. The predicted octanol–water partition coefficient (Wildman–Crippen LogP) is 0.788. The number of nitrogens with two attached hydrogens (primary N) is 1. The number of benzene rings is 1. The number of amides is 2. The molecule has 6 heteroatoms. The Morgan fingerprint density at radius 2 is 2.18 bits per heavy atom. The first-order chi connectivity index (χ1) is 8.16. The molecule has 0 aliphatic heterocycles. The van der Waals surface area contributed by atoms with Gasteiger partial charge in [0.25, 0.3) is 5.91 Å². The van der Waals surface area contributed by atoms with E-state index in [0.29, 0.717) is 36.5 Å². The van der Waals surface area contributed by atoms with Crippen LogP contribution in [0.25, 0.3) is 0 Å². The first kappa shape index (κ1) is 13.3. The maximum Gasteiger partial charge on any atom is 0.253 e. The van der Waals surface area contributed by atoms with Crippen LogP contribution in [0.2, 0.25) is 5.02 Å². The monoisotopic (exact) mass is 255 g/mol. The van der Waals surface area contributed by atoms with Gasteiger partial charge in [-0.3, -0.25) is 9.59 Å². The summed E-state index contributed by atoms with van der Waals surface area (Å²) < 4.78 is 0. The normalized spacial score (nSPS) is 9.71. The van der Waals surface area contributed by atoms with E-state index in [2.05, 4.69) is 10.6 Å². The second-order valence-corrected chi connectivity index (χ2v) is 3.79. The molecule has 0 atom stereocenters. The lowest BCUT2D eigenvalue weighted by Crippen LogP contribution is -2.27. The Labute approximate surface area is 104 Å². The second kappa shape index (κ2) is 6.75. The Morgan fingerprint density at radius 3 is 2.88 bits per heavy atom. The van der Waals surface area contributed by atoms with E-state index in [1.165, 1.54) is 0 Å². The number of halogens is 1. The predicted molar refractivity (Wildman–Crippen MR) is 66.9 cm³/mol. The Hall–Kier alpha value is -1.75. The molecular formula is C11H14ClN3O2. The molecule has 92 valence electrons. The third kappa shape index (κ3) is 3.96. The van der Waals surface area contributed by atoms with Crippen LogP contribution in [-0.4, -0.2) is 25.4 Å². The summed E-state index contributed by atoms with van der Waals surface area (Å²) in [6.07, 6.45) is 1.28. The summed E-state index contributed by atoms with van der Waals surface area (Å²) in [5, 5.41) is 5.56. The largest absolute Gasteiger partial charge is 0.397 e. The molecule has 0 aliphatic rings. The van der Waals surface area contributed by atoms with E-state index in [4.69, 9.17) is 17.3 Å². The lowest BCUT2D eigenvalue weighted by Gasteiger charge is -2.08. The maximum absolute atomic E-state index is 11.7. The summed E-state index contributed by atoms with van der Waals surface area (Å²) in [6.45, 7) is 0.987. The fourth-order valence-electron chi connectivity index (χ4n) is 1.28. The van der Waals surface area contributed by atoms with Crippen molar-refractivity contribution in [3.8, 4) is 0 Å². The number of anilines is 1. The van der Waals surface area contributed by atoms with Crippen LogP contribution in [0.15, 0.2) is 18.2 Å². The molecule has 0 aliphatic carbocycles. The minimum Gasteiger partial charge on any atom is -0.397 e. The van der Waals surface area contributed by atoms with E-state index in [1.54, 1.807) is 18.2 Å². The number of nitrogens with one attached hydrogen (secondary N) is 2. The molecule has 0 saturated heterocycles. The van der Waals surface area contributed by atoms with Gasteiger partial charge in [-0.05, 0) is 18.6 Å². The molecule has 5 nitrogen and oxygen atoms in total. The fourth-order valence-corrected chi connectivity index (χ4v) is 1.46. The molecule has 1 aromatic rings. The minimum atomic E-state index is -0.267. The van der Waals surface area contributed by atoms with Crippen molar-refractivity contribution < 1.29 is 9.59 Å². The number of hydrogen-bond donors (Lipinski definition) is 3. The van der Waals surface area contributed by atoms with E-state index in [-0.39, 0.29) is 11.6 Å². The van der Waals surface area contributed by atoms with E-state index < -0.39 is 0 Å². The van der Waals surface area contributed by atoms with Crippen LogP contribution >= 0.6 is 11.6 Å². The highest BCUT2D eigenvalue weighted by Crippen LogP contribution is 2.21. The van der Waals surface area contributed by atoms with Crippen molar-refractivity contribution in [1.82, 2.24) is 10.6 Å². The molecule has 2 amide bonds. The summed E-state index contributed by atoms with van der Waals surface area (Å²) >= 11 is 5.81. The lowest BCUT2D eigenvalue weighted by atomic mass is 10.1. The van der Waals surface area contributed by atoms with Gasteiger partial charge in [0.05, 0.1) is 16.3 Å². The smallest absolute Gasteiger partial charge is 0.253 e. The van der Waals surface area contributed by atoms with Gasteiger partial charge in [-0.2, -0.15) is 0 Å². The number of carbonyl (C=O) groups excluding carboxylic acids is 2. The lowest BCUT2D eigenvalue weighted by molar-refractivity contribution is -0.109. The van der Waals surface area contributed by atoms with Crippen LogP contribution in [-0.2, 0) is 4.79 Å². The molecule has 1 rings (SSSR count). The number of nitrogen functional groups attached to an aromatic ring is 1. The summed E-state index contributed by atoms with van der Waals surface area (Å²) in [4.78, 5) is 21.7. The van der Waals surface area contributed by atoms with Crippen LogP contribution in [0.1, 0.15) is 16.8 Å². The molecule has 0 aromatic heterocycles. The SMILES string of the molecule is Nc1c(Cl)cccc1C(=O)NCCCNC=O. The Morgan fingerprint density at radius 1 is 1.41 bits per heavy atom. The van der Waals surface area contributed by atoms with Crippen LogP contribution < -0.4 is 16.4 Å². The highest BCUT2D eigenvalue weighted by atomic mass is 35.5. The van der Waals surface area contributed by atoms with Gasteiger partial charge >= 0.3 is 0 Å². The highest BCUT2D eigenvalue weighted by Gasteiger charge is 2.10. The molecule has 17 heavy (non-hydrogen) atoms. The zero-order chi connectivity index (χ0) is 12.7. The van der Waals surface area contributed by atoms with Gasteiger partial charge in [-0.15, -0.1) is 0 Å². The molecule has 4 N–H and O–H groups in total.